The summed E-state index contributed by atoms with van der Waals surface area (Å²) in [6, 6.07) is 0. The van der Waals surface area contributed by atoms with Gasteiger partial charge in [0.05, 0.1) is 6.61 Å². The summed E-state index contributed by atoms with van der Waals surface area (Å²) in [5, 5.41) is 0. The van der Waals surface area contributed by atoms with E-state index in [1.165, 1.54) is 6.92 Å². The molecule has 0 aliphatic carbocycles. The number of carbonyl (C=O) groups excluding carboxylic acids is 2. The topological polar surface area (TPSA) is 111 Å². The minimum Gasteiger partial charge on any atom is -0.463 e. The van der Waals surface area contributed by atoms with Crippen molar-refractivity contribution in [1.82, 2.24) is 9.44 Å². The van der Waals surface area contributed by atoms with E-state index in [9.17, 15) is 18.0 Å². The lowest BCUT2D eigenvalue weighted by molar-refractivity contribution is -0.152. The van der Waals surface area contributed by atoms with Crippen LogP contribution in [-0.4, -0.2) is 39.7 Å². The number of hydrogen-bond donors (Lipinski definition) is 2. The van der Waals surface area contributed by atoms with Crippen LogP contribution < -0.4 is 9.44 Å². The molecule has 9 heteroatoms. The Morgan fingerprint density at radius 3 is 2.26 bits per heavy atom. The molecule has 0 aliphatic heterocycles. The van der Waals surface area contributed by atoms with Gasteiger partial charge in [-0.1, -0.05) is 13.8 Å². The van der Waals surface area contributed by atoms with Crippen LogP contribution in [0.25, 0.3) is 0 Å². The molecule has 1 atom stereocenters. The fourth-order valence-electron chi connectivity index (χ4n) is 0.915. The van der Waals surface area contributed by atoms with Crippen LogP contribution in [0, 0.1) is 5.92 Å². The van der Waals surface area contributed by atoms with Gasteiger partial charge in [-0.15, -0.1) is 0 Å². The molecular weight excluding hydrogens is 276 g/mol. The number of amides is 1. The average Bonchev–Trinajstić information content (AvgIpc) is 2.26. The highest BCUT2D eigenvalue weighted by atomic mass is 32.2. The van der Waals surface area contributed by atoms with Crippen LogP contribution in [0.3, 0.4) is 0 Å². The van der Waals surface area contributed by atoms with Gasteiger partial charge in [0.15, 0.2) is 6.10 Å². The summed E-state index contributed by atoms with van der Waals surface area (Å²) in [5.74, 6) is -0.656. The predicted octanol–water partition coefficient (Wildman–Crippen LogP) is 0.155. The molecular formula is C10H20N2O6S. The highest BCUT2D eigenvalue weighted by Crippen LogP contribution is 1.96. The van der Waals surface area contributed by atoms with Crippen molar-refractivity contribution in [1.29, 1.82) is 0 Å². The van der Waals surface area contributed by atoms with Gasteiger partial charge in [0, 0.05) is 6.54 Å². The van der Waals surface area contributed by atoms with E-state index in [0.29, 0.717) is 0 Å². The zero-order valence-corrected chi connectivity index (χ0v) is 12.2. The first kappa shape index (κ1) is 17.6. The van der Waals surface area contributed by atoms with Crippen molar-refractivity contribution >= 4 is 22.3 Å². The molecule has 0 rings (SSSR count). The normalized spacial score (nSPS) is 12.9. The van der Waals surface area contributed by atoms with Gasteiger partial charge in [-0.2, -0.15) is 13.1 Å². The molecule has 0 spiro atoms. The molecule has 0 saturated heterocycles. The lowest BCUT2D eigenvalue weighted by Gasteiger charge is -2.13. The first-order chi connectivity index (χ1) is 8.68. The van der Waals surface area contributed by atoms with Crippen molar-refractivity contribution in [2.45, 2.75) is 33.8 Å². The standard InChI is InChI=1S/C10H20N2O6S/c1-5-17-9(13)8(4)18-10(14)12-19(15,16)11-6-7(2)3/h7-8,11H,5-6H2,1-4H3,(H,12,14)/t8-/m0/s1. The van der Waals surface area contributed by atoms with Crippen LogP contribution >= 0.6 is 0 Å². The molecule has 0 fully saturated rings. The Balaban J connectivity index is 4.27. The predicted molar refractivity (Wildman–Crippen MR) is 67.5 cm³/mol. The highest BCUT2D eigenvalue weighted by molar-refractivity contribution is 7.88. The quantitative estimate of drug-likeness (QED) is 0.647. The van der Waals surface area contributed by atoms with E-state index in [1.807, 2.05) is 13.8 Å². The van der Waals surface area contributed by atoms with Crippen molar-refractivity contribution in [2.24, 2.45) is 5.92 Å². The largest absolute Gasteiger partial charge is 0.463 e. The smallest absolute Gasteiger partial charge is 0.422 e. The van der Waals surface area contributed by atoms with Gasteiger partial charge in [-0.05, 0) is 19.8 Å². The summed E-state index contributed by atoms with van der Waals surface area (Å²) in [4.78, 5) is 22.4. The molecule has 0 bridgehead atoms. The third-order valence-electron chi connectivity index (χ3n) is 1.80. The van der Waals surface area contributed by atoms with Gasteiger partial charge in [-0.25, -0.2) is 14.3 Å². The van der Waals surface area contributed by atoms with Crippen LogP contribution in [0.2, 0.25) is 0 Å². The number of esters is 1. The van der Waals surface area contributed by atoms with Crippen molar-refractivity contribution in [3.05, 3.63) is 0 Å². The van der Waals surface area contributed by atoms with E-state index in [1.54, 1.807) is 11.6 Å². The molecule has 0 saturated carbocycles. The third kappa shape index (κ3) is 8.38. The molecule has 0 aromatic heterocycles. The molecule has 1 amide bonds. The maximum Gasteiger partial charge on any atom is 0.422 e. The monoisotopic (exact) mass is 296 g/mol. The van der Waals surface area contributed by atoms with Gasteiger partial charge in [0.2, 0.25) is 0 Å². The summed E-state index contributed by atoms with van der Waals surface area (Å²) >= 11 is 0. The molecule has 0 heterocycles. The molecule has 0 radical (unpaired) electrons. The molecule has 0 aromatic rings. The Hall–Kier alpha value is -1.35. The fourth-order valence-corrected chi connectivity index (χ4v) is 1.81. The maximum absolute atomic E-state index is 11.4. The van der Waals surface area contributed by atoms with Crippen molar-refractivity contribution < 1.29 is 27.5 Å². The second kappa shape index (κ2) is 7.95. The molecule has 112 valence electrons. The third-order valence-corrected chi connectivity index (χ3v) is 2.78. The lowest BCUT2D eigenvalue weighted by Crippen LogP contribution is -2.43. The Kier molecular flexibility index (Phi) is 7.38. The Labute approximate surface area is 113 Å². The van der Waals surface area contributed by atoms with Crippen LogP contribution in [0.4, 0.5) is 4.79 Å². The summed E-state index contributed by atoms with van der Waals surface area (Å²) in [7, 11) is -3.99. The first-order valence-electron chi connectivity index (χ1n) is 5.82. The molecule has 0 unspecified atom stereocenters. The minimum atomic E-state index is -3.99. The van der Waals surface area contributed by atoms with Gasteiger partial charge < -0.3 is 9.47 Å². The molecule has 2 N–H and O–H groups in total. The van der Waals surface area contributed by atoms with Crippen LogP contribution in [-0.2, 0) is 24.5 Å². The van der Waals surface area contributed by atoms with E-state index in [-0.39, 0.29) is 19.1 Å². The second-order valence-electron chi connectivity index (χ2n) is 4.15. The van der Waals surface area contributed by atoms with E-state index < -0.39 is 28.4 Å². The Bertz CT molecular complexity index is 406. The van der Waals surface area contributed by atoms with E-state index >= 15 is 0 Å². The SMILES string of the molecule is CCOC(=O)[C@H](C)OC(=O)NS(=O)(=O)NCC(C)C. The van der Waals surface area contributed by atoms with Crippen LogP contribution in [0.5, 0.6) is 0 Å². The highest BCUT2D eigenvalue weighted by Gasteiger charge is 2.22. The number of ether oxygens (including phenoxy) is 2. The van der Waals surface area contributed by atoms with Crippen molar-refractivity contribution in [3.63, 3.8) is 0 Å². The van der Waals surface area contributed by atoms with E-state index in [4.69, 9.17) is 0 Å². The zero-order chi connectivity index (χ0) is 15.1. The van der Waals surface area contributed by atoms with Crippen molar-refractivity contribution in [2.75, 3.05) is 13.2 Å². The summed E-state index contributed by atoms with van der Waals surface area (Å²) in [5.41, 5.74) is 0. The summed E-state index contributed by atoms with van der Waals surface area (Å²) in [6.07, 6.45) is -2.42. The summed E-state index contributed by atoms with van der Waals surface area (Å²) < 4.78 is 35.7. The lowest BCUT2D eigenvalue weighted by atomic mass is 10.2. The van der Waals surface area contributed by atoms with E-state index in [0.717, 1.165) is 0 Å². The van der Waals surface area contributed by atoms with Crippen LogP contribution in [0.1, 0.15) is 27.7 Å². The number of nitrogens with one attached hydrogen (secondary N) is 2. The summed E-state index contributed by atoms with van der Waals surface area (Å²) in [6.45, 7) is 6.82. The molecule has 0 aliphatic rings. The molecule has 8 nitrogen and oxygen atoms in total. The van der Waals surface area contributed by atoms with Gasteiger partial charge in [-0.3, -0.25) is 0 Å². The molecule has 0 aromatic carbocycles. The fraction of sp³-hybridized carbons (Fsp3) is 0.800. The Morgan fingerprint density at radius 2 is 1.79 bits per heavy atom. The van der Waals surface area contributed by atoms with Crippen LogP contribution in [0.15, 0.2) is 0 Å². The van der Waals surface area contributed by atoms with Gasteiger partial charge in [0.1, 0.15) is 0 Å². The number of hydrogen-bond acceptors (Lipinski definition) is 6. The second-order valence-corrected chi connectivity index (χ2v) is 5.65. The number of carbonyl (C=O) groups is 2. The van der Waals surface area contributed by atoms with Gasteiger partial charge >= 0.3 is 22.3 Å². The first-order valence-corrected chi connectivity index (χ1v) is 7.31. The van der Waals surface area contributed by atoms with E-state index in [2.05, 4.69) is 14.2 Å². The number of rotatable bonds is 7. The Morgan fingerprint density at radius 1 is 1.21 bits per heavy atom. The van der Waals surface area contributed by atoms with Gasteiger partial charge in [0.25, 0.3) is 0 Å². The zero-order valence-electron chi connectivity index (χ0n) is 11.4. The maximum atomic E-state index is 11.4. The average molecular weight is 296 g/mol. The molecule has 19 heavy (non-hydrogen) atoms. The van der Waals surface area contributed by atoms with Crippen molar-refractivity contribution in [3.8, 4) is 0 Å². The minimum absolute atomic E-state index is 0.0889.